The second-order valence-corrected chi connectivity index (χ2v) is 4.37. The molecule has 1 aliphatic carbocycles. The molecule has 0 N–H and O–H groups in total. The summed E-state index contributed by atoms with van der Waals surface area (Å²) in [5.41, 5.74) is -0.227. The van der Waals surface area contributed by atoms with Crippen LogP contribution in [0, 0.1) is 0 Å². The molecule has 1 atom stereocenters. The van der Waals surface area contributed by atoms with Gasteiger partial charge in [0.1, 0.15) is 17.5 Å². The Kier molecular flexibility index (Phi) is 4.13. The van der Waals surface area contributed by atoms with Crippen molar-refractivity contribution in [2.75, 3.05) is 0 Å². The molecule has 0 amide bonds. The predicted octanol–water partition coefficient (Wildman–Crippen LogP) is 3.93. The molecular formula is C13H19FO. The lowest BCUT2D eigenvalue weighted by atomic mass is 10.0. The van der Waals surface area contributed by atoms with Crippen molar-refractivity contribution in [1.82, 2.24) is 0 Å². The lowest BCUT2D eigenvalue weighted by Gasteiger charge is -2.26. The minimum Gasteiger partial charge on any atom is -0.488 e. The summed E-state index contributed by atoms with van der Waals surface area (Å²) >= 11 is 0. The molecule has 0 saturated heterocycles. The number of allylic oxidation sites excluding steroid dienone is 5. The highest BCUT2D eigenvalue weighted by atomic mass is 19.1. The summed E-state index contributed by atoms with van der Waals surface area (Å²) in [5.74, 6) is 0.617. The molecule has 1 aliphatic rings. The summed E-state index contributed by atoms with van der Waals surface area (Å²) in [6.07, 6.45) is 9.26. The molecule has 15 heavy (non-hydrogen) atoms. The number of hydrogen-bond donors (Lipinski definition) is 0. The van der Waals surface area contributed by atoms with Gasteiger partial charge in [-0.05, 0) is 38.5 Å². The van der Waals surface area contributed by atoms with Gasteiger partial charge in [0.25, 0.3) is 0 Å². The van der Waals surface area contributed by atoms with Crippen LogP contribution in [0.3, 0.4) is 0 Å². The van der Waals surface area contributed by atoms with Crippen LogP contribution >= 0.6 is 0 Å². The van der Waals surface area contributed by atoms with Crippen LogP contribution in [-0.2, 0) is 4.74 Å². The summed E-state index contributed by atoms with van der Waals surface area (Å²) in [5, 5.41) is 0. The zero-order valence-electron chi connectivity index (χ0n) is 9.66. The molecular weight excluding hydrogens is 191 g/mol. The molecule has 1 unspecified atom stereocenters. The molecule has 0 aromatic rings. The molecule has 1 rings (SSSR count). The van der Waals surface area contributed by atoms with E-state index in [1.807, 2.05) is 13.8 Å². The van der Waals surface area contributed by atoms with Gasteiger partial charge in [0.05, 0.1) is 0 Å². The Morgan fingerprint density at radius 3 is 2.80 bits per heavy atom. The van der Waals surface area contributed by atoms with E-state index in [4.69, 9.17) is 4.74 Å². The van der Waals surface area contributed by atoms with Crippen LogP contribution in [0.25, 0.3) is 0 Å². The third kappa shape index (κ3) is 4.32. The van der Waals surface area contributed by atoms with Crippen LogP contribution in [0.2, 0.25) is 0 Å². The topological polar surface area (TPSA) is 9.23 Å². The predicted molar refractivity (Wildman–Crippen MR) is 61.3 cm³/mol. The lowest BCUT2D eigenvalue weighted by Crippen LogP contribution is -2.23. The number of ether oxygens (including phenoxy) is 1. The van der Waals surface area contributed by atoms with Crippen LogP contribution < -0.4 is 0 Å². The van der Waals surface area contributed by atoms with E-state index >= 15 is 0 Å². The van der Waals surface area contributed by atoms with Gasteiger partial charge in [0.2, 0.25) is 0 Å². The molecule has 0 heterocycles. The number of alkyl halides is 1. The van der Waals surface area contributed by atoms with Crippen LogP contribution in [0.5, 0.6) is 0 Å². The average Bonchev–Trinajstić information content (AvgIpc) is 2.28. The monoisotopic (exact) mass is 210 g/mol. The fourth-order valence-electron chi connectivity index (χ4n) is 1.63. The largest absolute Gasteiger partial charge is 0.488 e. The minimum atomic E-state index is -1.05. The Morgan fingerprint density at radius 2 is 2.13 bits per heavy atom. The van der Waals surface area contributed by atoms with E-state index in [0.29, 0.717) is 5.76 Å². The van der Waals surface area contributed by atoms with E-state index in [-0.39, 0.29) is 5.60 Å². The molecule has 0 aromatic heterocycles. The highest BCUT2D eigenvalue weighted by Gasteiger charge is 2.19. The van der Waals surface area contributed by atoms with Gasteiger partial charge in [-0.2, -0.15) is 0 Å². The molecule has 0 bridgehead atoms. The van der Waals surface area contributed by atoms with Gasteiger partial charge >= 0.3 is 0 Å². The molecule has 84 valence electrons. The maximum atomic E-state index is 13.2. The first-order chi connectivity index (χ1) is 7.03. The van der Waals surface area contributed by atoms with E-state index in [0.717, 1.165) is 12.8 Å². The first kappa shape index (κ1) is 12.0. The quantitative estimate of drug-likeness (QED) is 0.683. The second kappa shape index (κ2) is 5.15. The Labute approximate surface area is 91.3 Å². The zero-order chi connectivity index (χ0) is 11.3. The average molecular weight is 210 g/mol. The molecule has 2 heteroatoms. The van der Waals surface area contributed by atoms with Crippen molar-refractivity contribution in [3.8, 4) is 0 Å². The van der Waals surface area contributed by atoms with Crippen LogP contribution in [-0.4, -0.2) is 11.8 Å². The van der Waals surface area contributed by atoms with Gasteiger partial charge in [-0.15, -0.1) is 0 Å². The van der Waals surface area contributed by atoms with Gasteiger partial charge in [-0.1, -0.05) is 25.5 Å². The maximum absolute atomic E-state index is 13.2. The van der Waals surface area contributed by atoms with E-state index < -0.39 is 6.17 Å². The molecule has 1 nitrogen and oxygen atoms in total. The van der Waals surface area contributed by atoms with Crippen molar-refractivity contribution in [3.05, 3.63) is 36.1 Å². The van der Waals surface area contributed by atoms with E-state index in [1.54, 1.807) is 18.2 Å². The highest BCUT2D eigenvalue weighted by molar-refractivity contribution is 5.25. The third-order valence-corrected chi connectivity index (χ3v) is 2.24. The zero-order valence-corrected chi connectivity index (χ0v) is 9.66. The number of halogens is 1. The van der Waals surface area contributed by atoms with Gasteiger partial charge in [0, 0.05) is 0 Å². The van der Waals surface area contributed by atoms with Gasteiger partial charge in [0.15, 0.2) is 0 Å². The Balaban J connectivity index is 2.65. The van der Waals surface area contributed by atoms with E-state index in [9.17, 15) is 4.39 Å². The normalized spacial score (nSPS) is 21.1. The summed E-state index contributed by atoms with van der Waals surface area (Å²) in [7, 11) is 0. The van der Waals surface area contributed by atoms with Crippen LogP contribution in [0.4, 0.5) is 4.39 Å². The van der Waals surface area contributed by atoms with Crippen LogP contribution in [0.15, 0.2) is 36.1 Å². The standard InChI is InChI=1S/C13H19FO/c1-4-9-13(2,3)15-12-8-6-5-7-11(14)10-12/h5-8,10-11H,4,9H2,1-3H3. The van der Waals surface area contributed by atoms with E-state index in [1.165, 1.54) is 12.2 Å². The second-order valence-electron chi connectivity index (χ2n) is 4.37. The van der Waals surface area contributed by atoms with Gasteiger partial charge < -0.3 is 4.74 Å². The van der Waals surface area contributed by atoms with Crippen molar-refractivity contribution >= 4 is 0 Å². The molecule has 0 saturated carbocycles. The third-order valence-electron chi connectivity index (χ3n) is 2.24. The maximum Gasteiger partial charge on any atom is 0.141 e. The fraction of sp³-hybridized carbons (Fsp3) is 0.538. The van der Waals surface area contributed by atoms with Gasteiger partial charge in [-0.25, -0.2) is 4.39 Å². The Morgan fingerprint density at radius 1 is 1.40 bits per heavy atom. The Bertz CT molecular complexity index is 287. The molecule has 0 aliphatic heterocycles. The van der Waals surface area contributed by atoms with Crippen molar-refractivity contribution in [2.45, 2.75) is 45.4 Å². The number of hydrogen-bond acceptors (Lipinski definition) is 1. The summed E-state index contributed by atoms with van der Waals surface area (Å²) in [4.78, 5) is 0. The van der Waals surface area contributed by atoms with Crippen molar-refractivity contribution < 1.29 is 9.13 Å². The summed E-state index contributed by atoms with van der Waals surface area (Å²) in [6, 6.07) is 0. The molecule has 0 fully saturated rings. The SMILES string of the molecule is CCCC(C)(C)OC1=CC(F)C=CC=C1. The molecule has 0 radical (unpaired) electrons. The van der Waals surface area contributed by atoms with Crippen LogP contribution in [0.1, 0.15) is 33.6 Å². The fourth-order valence-corrected chi connectivity index (χ4v) is 1.63. The number of rotatable bonds is 4. The lowest BCUT2D eigenvalue weighted by molar-refractivity contribution is 0.0327. The summed E-state index contributed by atoms with van der Waals surface area (Å²) in [6.45, 7) is 6.16. The van der Waals surface area contributed by atoms with Gasteiger partial charge in [-0.3, -0.25) is 0 Å². The Hall–Kier alpha value is -1.05. The first-order valence-corrected chi connectivity index (χ1v) is 5.43. The smallest absolute Gasteiger partial charge is 0.141 e. The highest BCUT2D eigenvalue weighted by Crippen LogP contribution is 2.22. The van der Waals surface area contributed by atoms with Crippen molar-refractivity contribution in [2.24, 2.45) is 0 Å². The van der Waals surface area contributed by atoms with E-state index in [2.05, 4.69) is 6.92 Å². The molecule has 0 aromatic carbocycles. The minimum absolute atomic E-state index is 0.227. The summed E-state index contributed by atoms with van der Waals surface area (Å²) < 4.78 is 18.9. The molecule has 0 spiro atoms. The van der Waals surface area contributed by atoms with Crippen molar-refractivity contribution in [1.29, 1.82) is 0 Å². The first-order valence-electron chi connectivity index (χ1n) is 5.43. The van der Waals surface area contributed by atoms with Crippen molar-refractivity contribution in [3.63, 3.8) is 0 Å².